The van der Waals surface area contributed by atoms with E-state index in [1.165, 1.54) is 70.6 Å². The van der Waals surface area contributed by atoms with Gasteiger partial charge in [0.2, 0.25) is 0 Å². The monoisotopic (exact) mass is 412 g/mol. The third-order valence-electron chi connectivity index (χ3n) is 12.3. The zero-order valence-electron chi connectivity index (χ0n) is 20.8. The highest BCUT2D eigenvalue weighted by molar-refractivity contribution is 5.26. The van der Waals surface area contributed by atoms with Crippen LogP contribution in [-0.2, 0) is 4.74 Å². The van der Waals surface area contributed by atoms with E-state index in [1.807, 2.05) is 7.11 Å². The molecule has 0 aromatic heterocycles. The van der Waals surface area contributed by atoms with Crippen LogP contribution in [-0.4, -0.2) is 13.2 Å². The molecule has 5 fully saturated rings. The Labute approximate surface area is 186 Å². The molecule has 0 bridgehead atoms. The molecule has 0 aliphatic heterocycles. The summed E-state index contributed by atoms with van der Waals surface area (Å²) in [4.78, 5) is 0. The van der Waals surface area contributed by atoms with Gasteiger partial charge >= 0.3 is 0 Å². The van der Waals surface area contributed by atoms with Crippen molar-refractivity contribution in [1.29, 1.82) is 0 Å². The van der Waals surface area contributed by atoms with Crippen molar-refractivity contribution < 1.29 is 4.74 Å². The van der Waals surface area contributed by atoms with Crippen LogP contribution < -0.4 is 0 Å². The van der Waals surface area contributed by atoms with Crippen LogP contribution in [0.3, 0.4) is 0 Å². The van der Waals surface area contributed by atoms with Crippen molar-refractivity contribution in [3.05, 3.63) is 11.6 Å². The predicted octanol–water partition coefficient (Wildman–Crippen LogP) is 8.04. The van der Waals surface area contributed by atoms with Crippen molar-refractivity contribution in [1.82, 2.24) is 0 Å². The van der Waals surface area contributed by atoms with Crippen molar-refractivity contribution >= 4 is 0 Å². The molecule has 0 aromatic rings. The Hall–Kier alpha value is -0.300. The van der Waals surface area contributed by atoms with Crippen LogP contribution in [0.5, 0.6) is 0 Å². The summed E-state index contributed by atoms with van der Waals surface area (Å²) in [6.07, 6.45) is 18.8. The first-order chi connectivity index (χ1) is 14.3. The molecule has 5 aliphatic carbocycles. The van der Waals surface area contributed by atoms with Crippen LogP contribution in [0.25, 0.3) is 0 Å². The maximum absolute atomic E-state index is 6.30. The molecule has 170 valence electrons. The van der Waals surface area contributed by atoms with Gasteiger partial charge in [-0.25, -0.2) is 0 Å². The molecule has 5 saturated carbocycles. The topological polar surface area (TPSA) is 9.23 Å². The molecule has 0 aromatic carbocycles. The van der Waals surface area contributed by atoms with Crippen molar-refractivity contribution in [3.8, 4) is 0 Å². The first kappa shape index (κ1) is 21.5. The molecule has 0 radical (unpaired) electrons. The van der Waals surface area contributed by atoms with Gasteiger partial charge in [0, 0.05) is 12.5 Å². The van der Waals surface area contributed by atoms with Gasteiger partial charge in [-0.3, -0.25) is 0 Å². The van der Waals surface area contributed by atoms with E-state index in [1.54, 1.807) is 5.57 Å². The Kier molecular flexibility index (Phi) is 5.28. The molecule has 5 aliphatic rings. The third-order valence-corrected chi connectivity index (χ3v) is 12.3. The Morgan fingerprint density at radius 1 is 1.10 bits per heavy atom. The molecule has 0 heterocycles. The molecule has 1 spiro atoms. The number of rotatable bonds is 6. The highest BCUT2D eigenvalue weighted by atomic mass is 16.5. The summed E-state index contributed by atoms with van der Waals surface area (Å²) in [5.74, 6) is 5.70. The quantitative estimate of drug-likeness (QED) is 0.401. The molecule has 10 atom stereocenters. The zero-order valence-corrected chi connectivity index (χ0v) is 20.8. The van der Waals surface area contributed by atoms with Gasteiger partial charge in [0.1, 0.15) is 0 Å². The Bertz CT molecular complexity index is 694. The molecule has 0 amide bonds. The molecule has 1 nitrogen and oxygen atoms in total. The van der Waals surface area contributed by atoms with Crippen LogP contribution >= 0.6 is 0 Å². The molecule has 0 N–H and O–H groups in total. The van der Waals surface area contributed by atoms with Gasteiger partial charge in [-0.1, -0.05) is 39.3 Å². The lowest BCUT2D eigenvalue weighted by Crippen LogP contribution is -2.57. The maximum atomic E-state index is 6.30. The average molecular weight is 413 g/mol. The second-order valence-corrected chi connectivity index (χ2v) is 12.9. The maximum Gasteiger partial charge on any atom is 0.0638 e. The predicted molar refractivity (Wildman–Crippen MR) is 126 cm³/mol. The minimum absolute atomic E-state index is 0.553. The minimum Gasteiger partial charge on any atom is -0.381 e. The van der Waals surface area contributed by atoms with Crippen molar-refractivity contribution in [3.63, 3.8) is 0 Å². The van der Waals surface area contributed by atoms with E-state index in [0.717, 1.165) is 35.5 Å². The third kappa shape index (κ3) is 2.75. The Balaban J connectivity index is 1.35. The average Bonchev–Trinajstić information content (AvgIpc) is 3.24. The lowest BCUT2D eigenvalue weighted by atomic mass is 9.45. The largest absolute Gasteiger partial charge is 0.381 e. The first-order valence-corrected chi connectivity index (χ1v) is 13.5. The minimum atomic E-state index is 0.553. The number of hydrogen-bond donors (Lipinski definition) is 0. The summed E-state index contributed by atoms with van der Waals surface area (Å²) in [6, 6.07) is 0. The molecule has 0 unspecified atom stereocenters. The Morgan fingerprint density at radius 3 is 2.60 bits per heavy atom. The van der Waals surface area contributed by atoms with Crippen LogP contribution in [0.2, 0.25) is 0 Å². The second kappa shape index (κ2) is 7.36. The van der Waals surface area contributed by atoms with Gasteiger partial charge in [-0.05, 0) is 124 Å². The highest BCUT2D eigenvalue weighted by Crippen LogP contribution is 2.82. The standard InChI is InChI=1S/C29H48O/c1-7-19(2)9-8-10-20(3)23-11-12-24-22-17-26(30-6)29-18-21(29)13-16-28(29,5)25(22)14-15-27(23,24)4/h9,20-26H,7-8,10-18H2,1-6H3/b19-9+/t20-,21+,22+,23-,24+,25+,26-,27-,28-,29+/m1/s1. The van der Waals surface area contributed by atoms with Crippen LogP contribution in [0.15, 0.2) is 11.6 Å². The molecule has 5 rings (SSSR count). The smallest absolute Gasteiger partial charge is 0.0638 e. The molecule has 0 saturated heterocycles. The van der Waals surface area contributed by atoms with E-state index in [0.29, 0.717) is 22.3 Å². The van der Waals surface area contributed by atoms with E-state index < -0.39 is 0 Å². The Morgan fingerprint density at radius 2 is 1.90 bits per heavy atom. The van der Waals surface area contributed by atoms with Gasteiger partial charge in [-0.15, -0.1) is 0 Å². The normalized spacial score (nSPS) is 52.9. The summed E-state index contributed by atoms with van der Waals surface area (Å²) >= 11 is 0. The first-order valence-electron chi connectivity index (χ1n) is 13.5. The van der Waals surface area contributed by atoms with Gasteiger partial charge in [0.25, 0.3) is 0 Å². The number of allylic oxidation sites excluding steroid dienone is 2. The number of fused-ring (bicyclic) bond motifs is 4. The fraction of sp³-hybridized carbons (Fsp3) is 0.931. The van der Waals surface area contributed by atoms with E-state index in [9.17, 15) is 0 Å². The lowest BCUT2D eigenvalue weighted by Gasteiger charge is -2.61. The van der Waals surface area contributed by atoms with Crippen molar-refractivity contribution in [2.24, 2.45) is 51.8 Å². The summed E-state index contributed by atoms with van der Waals surface area (Å²) in [5, 5.41) is 0. The van der Waals surface area contributed by atoms with Gasteiger partial charge < -0.3 is 4.74 Å². The van der Waals surface area contributed by atoms with Crippen LogP contribution in [0.1, 0.15) is 105 Å². The van der Waals surface area contributed by atoms with Gasteiger partial charge in [-0.2, -0.15) is 0 Å². The summed E-state index contributed by atoms with van der Waals surface area (Å²) in [7, 11) is 2.03. The number of hydrogen-bond acceptors (Lipinski definition) is 1. The van der Waals surface area contributed by atoms with E-state index >= 15 is 0 Å². The fourth-order valence-corrected chi connectivity index (χ4v) is 10.5. The zero-order chi connectivity index (χ0) is 21.3. The molecule has 30 heavy (non-hydrogen) atoms. The lowest BCUT2D eigenvalue weighted by molar-refractivity contribution is -0.161. The fourth-order valence-electron chi connectivity index (χ4n) is 10.5. The number of methoxy groups -OCH3 is 1. The van der Waals surface area contributed by atoms with E-state index in [-0.39, 0.29) is 0 Å². The molecular weight excluding hydrogens is 364 g/mol. The van der Waals surface area contributed by atoms with E-state index in [2.05, 4.69) is 40.7 Å². The SMILES string of the molecule is CC/C(C)=C/CC[C@@H](C)[C@H]1CC[C@H]2[C@@H]3C[C@@H](OC)[C@]45C[C@@H]4CC[C@]5(C)[C@H]3CC[C@]12C. The second-order valence-electron chi connectivity index (χ2n) is 12.9. The van der Waals surface area contributed by atoms with E-state index in [4.69, 9.17) is 4.74 Å². The number of ether oxygens (including phenoxy) is 1. The summed E-state index contributed by atoms with van der Waals surface area (Å²) in [6.45, 7) is 12.6. The van der Waals surface area contributed by atoms with Crippen LogP contribution in [0.4, 0.5) is 0 Å². The summed E-state index contributed by atoms with van der Waals surface area (Å²) in [5.41, 5.74) is 3.31. The van der Waals surface area contributed by atoms with Gasteiger partial charge in [0.15, 0.2) is 0 Å². The molecule has 1 heteroatoms. The van der Waals surface area contributed by atoms with Crippen molar-refractivity contribution in [2.75, 3.05) is 7.11 Å². The van der Waals surface area contributed by atoms with Crippen molar-refractivity contribution in [2.45, 2.75) is 111 Å². The van der Waals surface area contributed by atoms with Gasteiger partial charge in [0.05, 0.1) is 6.10 Å². The molecular formula is C29H48O. The summed E-state index contributed by atoms with van der Waals surface area (Å²) < 4.78 is 6.30. The highest BCUT2D eigenvalue weighted by Gasteiger charge is 2.77. The van der Waals surface area contributed by atoms with Crippen LogP contribution in [0, 0.1) is 51.8 Å².